The van der Waals surface area contributed by atoms with Gasteiger partial charge in [-0.3, -0.25) is 14.7 Å². The Morgan fingerprint density at radius 2 is 1.75 bits per heavy atom. The van der Waals surface area contributed by atoms with E-state index in [0.717, 1.165) is 57.7 Å². The SMILES string of the molecule is CN=C(NCCCC1CCCC1)NCCN1CCN(C(C)=O)CC1. The Balaban J connectivity index is 1.51. The van der Waals surface area contributed by atoms with Crippen LogP contribution in [0.1, 0.15) is 45.4 Å². The van der Waals surface area contributed by atoms with Crippen molar-refractivity contribution in [2.24, 2.45) is 10.9 Å². The lowest BCUT2D eigenvalue weighted by Crippen LogP contribution is -2.50. The van der Waals surface area contributed by atoms with Crippen molar-refractivity contribution in [3.63, 3.8) is 0 Å². The Labute approximate surface area is 147 Å². The summed E-state index contributed by atoms with van der Waals surface area (Å²) in [7, 11) is 1.83. The maximum Gasteiger partial charge on any atom is 0.219 e. The van der Waals surface area contributed by atoms with Gasteiger partial charge in [0.2, 0.25) is 5.91 Å². The zero-order chi connectivity index (χ0) is 17.2. The fraction of sp³-hybridized carbons (Fsp3) is 0.889. The van der Waals surface area contributed by atoms with E-state index in [-0.39, 0.29) is 5.91 Å². The quantitative estimate of drug-likeness (QED) is 0.417. The van der Waals surface area contributed by atoms with Gasteiger partial charge in [-0.05, 0) is 18.8 Å². The van der Waals surface area contributed by atoms with Gasteiger partial charge >= 0.3 is 0 Å². The lowest BCUT2D eigenvalue weighted by molar-refractivity contribution is -0.130. The van der Waals surface area contributed by atoms with Crippen molar-refractivity contribution >= 4 is 11.9 Å². The van der Waals surface area contributed by atoms with Gasteiger partial charge in [0.05, 0.1) is 0 Å². The Kier molecular flexibility index (Phi) is 8.36. The van der Waals surface area contributed by atoms with Gasteiger partial charge in [0, 0.05) is 59.8 Å². The van der Waals surface area contributed by atoms with E-state index in [1.165, 1.54) is 38.5 Å². The maximum absolute atomic E-state index is 11.3. The summed E-state index contributed by atoms with van der Waals surface area (Å²) in [6, 6.07) is 0. The van der Waals surface area contributed by atoms with Gasteiger partial charge in [-0.15, -0.1) is 0 Å². The van der Waals surface area contributed by atoms with Crippen LogP contribution < -0.4 is 10.6 Å². The van der Waals surface area contributed by atoms with E-state index in [1.807, 2.05) is 11.9 Å². The van der Waals surface area contributed by atoms with Crippen LogP contribution in [0.4, 0.5) is 0 Å². The van der Waals surface area contributed by atoms with Gasteiger partial charge in [0.15, 0.2) is 5.96 Å². The van der Waals surface area contributed by atoms with E-state index in [4.69, 9.17) is 0 Å². The third-order valence-electron chi connectivity index (χ3n) is 5.32. The van der Waals surface area contributed by atoms with Gasteiger partial charge in [0.1, 0.15) is 0 Å². The van der Waals surface area contributed by atoms with Crippen LogP contribution in [-0.4, -0.2) is 74.5 Å². The van der Waals surface area contributed by atoms with Gasteiger partial charge in [0.25, 0.3) is 0 Å². The first-order chi connectivity index (χ1) is 11.7. The number of carbonyl (C=O) groups is 1. The molecule has 0 aromatic heterocycles. The summed E-state index contributed by atoms with van der Waals surface area (Å²) in [4.78, 5) is 20.0. The number of rotatable bonds is 7. The molecule has 6 heteroatoms. The average Bonchev–Trinajstić information content (AvgIpc) is 3.11. The molecule has 2 N–H and O–H groups in total. The highest BCUT2D eigenvalue weighted by Crippen LogP contribution is 2.28. The molecule has 0 atom stereocenters. The van der Waals surface area contributed by atoms with E-state index in [1.54, 1.807) is 6.92 Å². The van der Waals surface area contributed by atoms with Crippen molar-refractivity contribution in [2.45, 2.75) is 45.4 Å². The fourth-order valence-corrected chi connectivity index (χ4v) is 3.74. The van der Waals surface area contributed by atoms with E-state index in [9.17, 15) is 4.79 Å². The molecule has 138 valence electrons. The molecule has 0 aromatic rings. The second kappa shape index (κ2) is 10.5. The molecule has 1 amide bonds. The van der Waals surface area contributed by atoms with Crippen molar-refractivity contribution in [2.75, 3.05) is 52.9 Å². The Bertz CT molecular complexity index is 398. The lowest BCUT2D eigenvalue weighted by Gasteiger charge is -2.34. The molecule has 1 saturated carbocycles. The standard InChI is InChI=1S/C18H35N5O/c1-16(24)23-14-12-22(13-15-23)11-10-21-18(19-2)20-9-5-8-17-6-3-4-7-17/h17H,3-15H2,1-2H3,(H2,19,20,21). The number of nitrogens with zero attached hydrogens (tertiary/aromatic N) is 3. The number of nitrogens with one attached hydrogen (secondary N) is 2. The molecule has 1 heterocycles. The predicted octanol–water partition coefficient (Wildman–Crippen LogP) is 1.29. The number of hydrogen-bond donors (Lipinski definition) is 2. The molecule has 0 spiro atoms. The minimum absolute atomic E-state index is 0.190. The van der Waals surface area contributed by atoms with Crippen LogP contribution in [0.25, 0.3) is 0 Å². The summed E-state index contributed by atoms with van der Waals surface area (Å²) in [6.45, 7) is 8.18. The first kappa shape index (κ1) is 19.0. The molecule has 1 aliphatic carbocycles. The number of amides is 1. The molecule has 0 bridgehead atoms. The highest BCUT2D eigenvalue weighted by Gasteiger charge is 2.18. The minimum Gasteiger partial charge on any atom is -0.356 e. The van der Waals surface area contributed by atoms with Crippen molar-refractivity contribution < 1.29 is 4.79 Å². The number of guanidine groups is 1. The highest BCUT2D eigenvalue weighted by atomic mass is 16.2. The van der Waals surface area contributed by atoms with Crippen molar-refractivity contribution in [1.82, 2.24) is 20.4 Å². The van der Waals surface area contributed by atoms with E-state index in [2.05, 4.69) is 20.5 Å². The Morgan fingerprint density at radius 3 is 2.38 bits per heavy atom. The van der Waals surface area contributed by atoms with Crippen LogP contribution in [0.2, 0.25) is 0 Å². The van der Waals surface area contributed by atoms with Crippen LogP contribution in [-0.2, 0) is 4.79 Å². The summed E-state index contributed by atoms with van der Waals surface area (Å²) in [5.41, 5.74) is 0. The monoisotopic (exact) mass is 337 g/mol. The molecule has 2 rings (SSSR count). The molecule has 0 radical (unpaired) electrons. The van der Waals surface area contributed by atoms with Crippen molar-refractivity contribution in [3.8, 4) is 0 Å². The molecule has 0 unspecified atom stereocenters. The van der Waals surface area contributed by atoms with E-state index >= 15 is 0 Å². The molecule has 6 nitrogen and oxygen atoms in total. The van der Waals surface area contributed by atoms with Gasteiger partial charge in [-0.1, -0.05) is 25.7 Å². The van der Waals surface area contributed by atoms with Crippen LogP contribution in [0.5, 0.6) is 0 Å². The zero-order valence-corrected chi connectivity index (χ0v) is 15.5. The first-order valence-electron chi connectivity index (χ1n) is 9.61. The van der Waals surface area contributed by atoms with E-state index in [0.29, 0.717) is 0 Å². The molecule has 24 heavy (non-hydrogen) atoms. The summed E-state index contributed by atoms with van der Waals surface area (Å²) in [6.07, 6.45) is 8.32. The summed E-state index contributed by atoms with van der Waals surface area (Å²) < 4.78 is 0. The van der Waals surface area contributed by atoms with Gasteiger partial charge < -0.3 is 15.5 Å². The van der Waals surface area contributed by atoms with Crippen LogP contribution in [0.15, 0.2) is 4.99 Å². The first-order valence-corrected chi connectivity index (χ1v) is 9.61. The third kappa shape index (κ3) is 6.67. The van der Waals surface area contributed by atoms with Crippen molar-refractivity contribution in [3.05, 3.63) is 0 Å². The molecule has 1 saturated heterocycles. The number of aliphatic imine (C=N–C) groups is 1. The fourth-order valence-electron chi connectivity index (χ4n) is 3.74. The van der Waals surface area contributed by atoms with Crippen LogP contribution in [0.3, 0.4) is 0 Å². The minimum atomic E-state index is 0.190. The van der Waals surface area contributed by atoms with Gasteiger partial charge in [-0.25, -0.2) is 0 Å². The van der Waals surface area contributed by atoms with Crippen molar-refractivity contribution in [1.29, 1.82) is 0 Å². The summed E-state index contributed by atoms with van der Waals surface area (Å²) >= 11 is 0. The topological polar surface area (TPSA) is 60.0 Å². The maximum atomic E-state index is 11.3. The predicted molar refractivity (Wildman–Crippen MR) is 99.3 cm³/mol. The summed E-state index contributed by atoms with van der Waals surface area (Å²) in [5, 5.41) is 6.82. The number of piperazine rings is 1. The molecule has 0 aromatic carbocycles. The lowest BCUT2D eigenvalue weighted by atomic mass is 10.0. The Morgan fingerprint density at radius 1 is 1.08 bits per heavy atom. The normalized spacial score (nSPS) is 20.4. The van der Waals surface area contributed by atoms with Crippen LogP contribution in [0, 0.1) is 5.92 Å². The molecule has 1 aliphatic heterocycles. The Hall–Kier alpha value is -1.30. The molecule has 2 fully saturated rings. The largest absolute Gasteiger partial charge is 0.356 e. The molecule has 2 aliphatic rings. The third-order valence-corrected chi connectivity index (χ3v) is 5.32. The number of hydrogen-bond acceptors (Lipinski definition) is 3. The zero-order valence-electron chi connectivity index (χ0n) is 15.5. The summed E-state index contributed by atoms with van der Waals surface area (Å²) in [5.74, 6) is 2.06. The van der Waals surface area contributed by atoms with Crippen LogP contribution >= 0.6 is 0 Å². The number of carbonyl (C=O) groups excluding carboxylic acids is 1. The highest BCUT2D eigenvalue weighted by molar-refractivity contribution is 5.79. The second-order valence-corrected chi connectivity index (χ2v) is 7.07. The molecular weight excluding hydrogens is 302 g/mol. The average molecular weight is 338 g/mol. The smallest absolute Gasteiger partial charge is 0.219 e. The van der Waals surface area contributed by atoms with Gasteiger partial charge in [-0.2, -0.15) is 0 Å². The molecular formula is C18H35N5O. The second-order valence-electron chi connectivity index (χ2n) is 7.07. The van der Waals surface area contributed by atoms with E-state index < -0.39 is 0 Å².